The third-order valence-corrected chi connectivity index (χ3v) is 1.70. The Kier molecular flexibility index (Phi) is 1.50. The molecule has 1 aromatic rings. The summed E-state index contributed by atoms with van der Waals surface area (Å²) in [5, 5.41) is 18.7. The molecule has 0 spiro atoms. The molecule has 0 radical (unpaired) electrons. The zero-order valence-electron chi connectivity index (χ0n) is 4.16. The van der Waals surface area contributed by atoms with Gasteiger partial charge in [-0.25, -0.2) is 0 Å². The van der Waals surface area contributed by atoms with Crippen molar-refractivity contribution in [3.63, 3.8) is 0 Å². The van der Waals surface area contributed by atoms with E-state index in [4.69, 9.17) is 10.2 Å². The quantitative estimate of drug-likeness (QED) is 0.594. The number of aromatic hydroxyl groups is 1. The molecule has 1 aromatic heterocycles. The van der Waals surface area contributed by atoms with E-state index in [1.165, 1.54) is 11.3 Å². The van der Waals surface area contributed by atoms with Crippen molar-refractivity contribution in [3.8, 4) is 5.75 Å². The number of rotatable bonds is 1. The summed E-state index contributed by atoms with van der Waals surface area (Å²) >= 11 is 1.35. The molecule has 8 heavy (non-hydrogen) atoms. The molecule has 3 heteroatoms. The van der Waals surface area contributed by atoms with E-state index in [1.54, 1.807) is 11.4 Å². The Labute approximate surface area is 51.0 Å². The second-order valence-corrected chi connectivity index (χ2v) is 2.43. The van der Waals surface area contributed by atoms with Gasteiger partial charge in [0.1, 0.15) is 5.75 Å². The molecule has 0 fully saturated rings. The van der Waals surface area contributed by atoms with Crippen molar-refractivity contribution >= 4 is 11.3 Å². The van der Waals surface area contributed by atoms with Crippen molar-refractivity contribution in [2.45, 2.75) is 6.61 Å². The minimum Gasteiger partial charge on any atom is -0.507 e. The van der Waals surface area contributed by atoms with Crippen molar-refractivity contribution < 1.29 is 10.2 Å². The summed E-state index contributed by atoms with van der Waals surface area (Å²) in [7, 11) is 0. The molecule has 1 rings (SSSR count). The minimum absolute atomic E-state index is 0.0191. The van der Waals surface area contributed by atoms with E-state index >= 15 is 0 Å². The summed E-state index contributed by atoms with van der Waals surface area (Å²) in [5.74, 6) is 0.235. The zero-order chi connectivity index (χ0) is 5.98. The van der Waals surface area contributed by atoms with Gasteiger partial charge in [-0.15, -0.1) is 11.3 Å². The van der Waals surface area contributed by atoms with Crippen LogP contribution in [0.15, 0.2) is 11.4 Å². The minimum atomic E-state index is 0.0191. The van der Waals surface area contributed by atoms with Gasteiger partial charge in [0.2, 0.25) is 0 Å². The number of thiophene rings is 1. The molecular weight excluding hydrogens is 124 g/mol. The number of aliphatic hydroxyl groups is 1. The fraction of sp³-hybridized carbons (Fsp3) is 0.200. The van der Waals surface area contributed by atoms with Crippen molar-refractivity contribution in [2.24, 2.45) is 0 Å². The first-order valence-electron chi connectivity index (χ1n) is 2.20. The fourth-order valence-corrected chi connectivity index (χ4v) is 1.06. The number of hydrogen-bond acceptors (Lipinski definition) is 3. The van der Waals surface area contributed by atoms with Gasteiger partial charge in [-0.2, -0.15) is 0 Å². The molecule has 44 valence electrons. The standard InChI is InChI=1S/C5H6O2S/c6-2-5-1-4(7)3-8-5/h1,3,6-7H,2H2. The molecule has 2 nitrogen and oxygen atoms in total. The largest absolute Gasteiger partial charge is 0.507 e. The van der Waals surface area contributed by atoms with Crippen LogP contribution in [0.1, 0.15) is 4.88 Å². The summed E-state index contributed by atoms with van der Waals surface area (Å²) in [6.45, 7) is 0.0191. The first-order chi connectivity index (χ1) is 3.83. The van der Waals surface area contributed by atoms with Crippen molar-refractivity contribution in [1.82, 2.24) is 0 Å². The SMILES string of the molecule is OCc1cc(O)cs1. The molecule has 1 heterocycles. The van der Waals surface area contributed by atoms with Gasteiger partial charge in [0.15, 0.2) is 0 Å². The van der Waals surface area contributed by atoms with Crippen molar-refractivity contribution in [2.75, 3.05) is 0 Å². The smallest absolute Gasteiger partial charge is 0.126 e. The van der Waals surface area contributed by atoms with Crippen LogP contribution in [0, 0.1) is 0 Å². The number of hydrogen-bond donors (Lipinski definition) is 2. The van der Waals surface area contributed by atoms with E-state index in [1.807, 2.05) is 0 Å². The van der Waals surface area contributed by atoms with Gasteiger partial charge in [-0.05, 0) is 6.07 Å². The molecule has 0 bridgehead atoms. The predicted octanol–water partition coefficient (Wildman–Crippen LogP) is 0.946. The molecule has 0 atom stereocenters. The Balaban J connectivity index is 2.84. The molecule has 0 saturated heterocycles. The van der Waals surface area contributed by atoms with Gasteiger partial charge >= 0.3 is 0 Å². The molecule has 0 aliphatic carbocycles. The average molecular weight is 130 g/mol. The molecule has 0 unspecified atom stereocenters. The molecule has 2 N–H and O–H groups in total. The number of aliphatic hydroxyl groups excluding tert-OH is 1. The van der Waals surface area contributed by atoms with Gasteiger partial charge < -0.3 is 10.2 Å². The van der Waals surface area contributed by atoms with E-state index in [9.17, 15) is 0 Å². The van der Waals surface area contributed by atoms with Gasteiger partial charge in [0.25, 0.3) is 0 Å². The maximum absolute atomic E-state index is 8.68. The molecule has 0 aliphatic heterocycles. The summed E-state index contributed by atoms with van der Waals surface area (Å²) in [6, 6.07) is 1.55. The monoisotopic (exact) mass is 130 g/mol. The zero-order valence-corrected chi connectivity index (χ0v) is 4.98. The summed E-state index contributed by atoms with van der Waals surface area (Å²) in [6.07, 6.45) is 0. The highest BCUT2D eigenvalue weighted by Crippen LogP contribution is 2.18. The van der Waals surface area contributed by atoms with Crippen LogP contribution in [0.5, 0.6) is 5.75 Å². The van der Waals surface area contributed by atoms with Crippen LogP contribution in [-0.2, 0) is 6.61 Å². The van der Waals surface area contributed by atoms with Crippen LogP contribution in [0.2, 0.25) is 0 Å². The molecular formula is C5H6O2S. The van der Waals surface area contributed by atoms with Crippen LogP contribution in [0.4, 0.5) is 0 Å². The van der Waals surface area contributed by atoms with E-state index in [-0.39, 0.29) is 12.4 Å². The van der Waals surface area contributed by atoms with E-state index in [2.05, 4.69) is 0 Å². The highest BCUT2D eigenvalue weighted by Gasteiger charge is 1.92. The highest BCUT2D eigenvalue weighted by atomic mass is 32.1. The molecule has 0 amide bonds. The second kappa shape index (κ2) is 2.15. The summed E-state index contributed by atoms with van der Waals surface area (Å²) in [4.78, 5) is 0.794. The maximum Gasteiger partial charge on any atom is 0.126 e. The van der Waals surface area contributed by atoms with Gasteiger partial charge in [0, 0.05) is 10.3 Å². The van der Waals surface area contributed by atoms with Crippen LogP contribution < -0.4 is 0 Å². The normalized spacial score (nSPS) is 9.62. The summed E-state index contributed by atoms with van der Waals surface area (Å²) in [5.41, 5.74) is 0. The van der Waals surface area contributed by atoms with Gasteiger partial charge in [0.05, 0.1) is 6.61 Å². The second-order valence-electron chi connectivity index (χ2n) is 1.43. The van der Waals surface area contributed by atoms with Crippen LogP contribution in [0.3, 0.4) is 0 Å². The van der Waals surface area contributed by atoms with Gasteiger partial charge in [-0.3, -0.25) is 0 Å². The van der Waals surface area contributed by atoms with Crippen LogP contribution in [0.25, 0.3) is 0 Å². The predicted molar refractivity (Wildman–Crippen MR) is 31.9 cm³/mol. The van der Waals surface area contributed by atoms with E-state index in [0.717, 1.165) is 4.88 Å². The van der Waals surface area contributed by atoms with E-state index in [0.29, 0.717) is 0 Å². The molecule has 0 aliphatic rings. The lowest BCUT2D eigenvalue weighted by Gasteiger charge is -1.79. The van der Waals surface area contributed by atoms with Crippen molar-refractivity contribution in [3.05, 3.63) is 16.3 Å². The first-order valence-corrected chi connectivity index (χ1v) is 3.08. The van der Waals surface area contributed by atoms with Crippen molar-refractivity contribution in [1.29, 1.82) is 0 Å². The highest BCUT2D eigenvalue weighted by molar-refractivity contribution is 7.10. The maximum atomic E-state index is 8.68. The lowest BCUT2D eigenvalue weighted by atomic mass is 10.5. The van der Waals surface area contributed by atoms with E-state index < -0.39 is 0 Å². The first kappa shape index (κ1) is 5.59. The Hall–Kier alpha value is -0.540. The topological polar surface area (TPSA) is 40.5 Å². The van der Waals surface area contributed by atoms with Crippen LogP contribution in [-0.4, -0.2) is 10.2 Å². The summed E-state index contributed by atoms with van der Waals surface area (Å²) < 4.78 is 0. The third-order valence-electron chi connectivity index (χ3n) is 0.796. The Bertz CT molecular complexity index is 171. The average Bonchev–Trinajstić information content (AvgIpc) is 2.14. The molecule has 0 aromatic carbocycles. The lowest BCUT2D eigenvalue weighted by Crippen LogP contribution is -1.69. The Morgan fingerprint density at radius 3 is 2.62 bits per heavy atom. The van der Waals surface area contributed by atoms with Gasteiger partial charge in [-0.1, -0.05) is 0 Å². The fourth-order valence-electron chi connectivity index (χ4n) is 0.452. The Morgan fingerprint density at radius 1 is 1.62 bits per heavy atom. The lowest BCUT2D eigenvalue weighted by molar-refractivity contribution is 0.285. The van der Waals surface area contributed by atoms with Crippen LogP contribution >= 0.6 is 11.3 Å². The molecule has 0 saturated carbocycles. The Morgan fingerprint density at radius 2 is 2.38 bits per heavy atom. The third kappa shape index (κ3) is 0.993.